The summed E-state index contributed by atoms with van der Waals surface area (Å²) >= 11 is 0. The molecule has 1 N–H and O–H groups in total. The van der Waals surface area contributed by atoms with Crippen LogP contribution in [-0.2, 0) is 13.0 Å². The summed E-state index contributed by atoms with van der Waals surface area (Å²) in [5.41, 5.74) is 9.80. The summed E-state index contributed by atoms with van der Waals surface area (Å²) in [5, 5.41) is 17.0. The number of tetrazole rings is 1. The van der Waals surface area contributed by atoms with E-state index < -0.39 is 0 Å². The average Bonchev–Trinajstić information content (AvgIpc) is 3.67. The number of aryl methyl sites for hydroxylation is 2. The minimum atomic E-state index is 0.589. The summed E-state index contributed by atoms with van der Waals surface area (Å²) in [5.74, 6) is 1.70. The van der Waals surface area contributed by atoms with Gasteiger partial charge in [-0.1, -0.05) is 79.7 Å². The summed E-state index contributed by atoms with van der Waals surface area (Å²) in [7, 11) is 0. The lowest BCUT2D eigenvalue weighted by Crippen LogP contribution is -2.05. The Kier molecular flexibility index (Phi) is 6.32. The highest BCUT2D eigenvalue weighted by atomic mass is 15.5. The Morgan fingerprint density at radius 2 is 1.59 bits per heavy atom. The molecule has 0 spiro atoms. The SMILES string of the molecule is CCCc1nc2c(C)cc(-c3cc4ccccc4cn3)cc2n1Cc1ccc(-c2ccccc2-c2nn[nH]n2)cc1. The van der Waals surface area contributed by atoms with E-state index in [1.54, 1.807) is 0 Å². The van der Waals surface area contributed by atoms with Gasteiger partial charge in [0.2, 0.25) is 5.82 Å². The molecule has 7 nitrogen and oxygen atoms in total. The minimum absolute atomic E-state index is 0.589. The Morgan fingerprint density at radius 1 is 0.805 bits per heavy atom. The fourth-order valence-corrected chi connectivity index (χ4v) is 5.60. The minimum Gasteiger partial charge on any atom is -0.323 e. The maximum Gasteiger partial charge on any atom is 0.205 e. The van der Waals surface area contributed by atoms with Gasteiger partial charge in [-0.2, -0.15) is 5.21 Å². The Morgan fingerprint density at radius 3 is 2.37 bits per heavy atom. The first-order valence-electron chi connectivity index (χ1n) is 13.9. The number of pyridine rings is 1. The Labute approximate surface area is 237 Å². The maximum atomic E-state index is 5.11. The Balaban J connectivity index is 1.27. The molecule has 0 saturated carbocycles. The molecule has 0 fully saturated rings. The third kappa shape index (κ3) is 4.65. The molecule has 0 amide bonds. The van der Waals surface area contributed by atoms with Gasteiger partial charge in [-0.05, 0) is 64.4 Å². The van der Waals surface area contributed by atoms with E-state index in [1.165, 1.54) is 10.9 Å². The molecule has 0 aliphatic rings. The smallest absolute Gasteiger partial charge is 0.205 e. The van der Waals surface area contributed by atoms with Crippen LogP contribution in [0.5, 0.6) is 0 Å². The molecule has 3 heterocycles. The van der Waals surface area contributed by atoms with E-state index in [9.17, 15) is 0 Å². The quantitative estimate of drug-likeness (QED) is 0.230. The van der Waals surface area contributed by atoms with Crippen molar-refractivity contribution in [1.29, 1.82) is 0 Å². The molecule has 0 radical (unpaired) electrons. The third-order valence-corrected chi connectivity index (χ3v) is 7.64. The topological polar surface area (TPSA) is 85.2 Å². The number of fused-ring (bicyclic) bond motifs is 2. The number of H-pyrrole nitrogens is 1. The second kappa shape index (κ2) is 10.4. The maximum absolute atomic E-state index is 5.11. The average molecular weight is 536 g/mol. The van der Waals surface area contributed by atoms with E-state index in [0.29, 0.717) is 5.82 Å². The Hall–Kier alpha value is -5.17. The highest BCUT2D eigenvalue weighted by Gasteiger charge is 2.16. The molecule has 7 heteroatoms. The molecule has 4 aromatic carbocycles. The van der Waals surface area contributed by atoms with Gasteiger partial charge in [-0.3, -0.25) is 4.98 Å². The van der Waals surface area contributed by atoms with E-state index in [2.05, 4.69) is 106 Å². The standard InChI is InChI=1S/C34H29N7/c1-3-8-32-36-33-22(2)17-27(30-18-25-9-4-5-10-26(25)20-35-30)19-31(33)41(32)21-23-13-15-24(16-14-23)28-11-6-7-12-29(28)34-37-39-40-38-34/h4-7,9-20H,3,8,21H2,1-2H3,(H,37,38,39,40). The predicted octanol–water partition coefficient (Wildman–Crippen LogP) is 7.41. The van der Waals surface area contributed by atoms with E-state index in [4.69, 9.17) is 9.97 Å². The van der Waals surface area contributed by atoms with Gasteiger partial charge >= 0.3 is 0 Å². The second-order valence-electron chi connectivity index (χ2n) is 10.4. The summed E-state index contributed by atoms with van der Waals surface area (Å²) in [6.45, 7) is 5.10. The van der Waals surface area contributed by atoms with Gasteiger partial charge in [0.05, 0.1) is 16.7 Å². The lowest BCUT2D eigenvalue weighted by molar-refractivity contribution is 0.722. The van der Waals surface area contributed by atoms with Crippen LogP contribution in [0.4, 0.5) is 0 Å². The fraction of sp³-hybridized carbons (Fsp3) is 0.147. The van der Waals surface area contributed by atoms with Crippen LogP contribution in [-0.4, -0.2) is 35.2 Å². The number of hydrogen-bond donors (Lipinski definition) is 1. The van der Waals surface area contributed by atoms with Crippen molar-refractivity contribution in [2.24, 2.45) is 0 Å². The number of aromatic nitrogens is 7. The molecule has 200 valence electrons. The number of benzene rings is 4. The van der Waals surface area contributed by atoms with Gasteiger partial charge < -0.3 is 4.57 Å². The van der Waals surface area contributed by atoms with Gasteiger partial charge in [0.25, 0.3) is 0 Å². The van der Waals surface area contributed by atoms with Crippen molar-refractivity contribution in [3.8, 4) is 33.8 Å². The largest absolute Gasteiger partial charge is 0.323 e. The molecule has 7 rings (SSSR count). The van der Waals surface area contributed by atoms with Crippen LogP contribution in [0.15, 0.2) is 97.2 Å². The molecule has 0 aliphatic carbocycles. The number of nitrogens with one attached hydrogen (secondary N) is 1. The first-order chi connectivity index (χ1) is 20.2. The molecular weight excluding hydrogens is 506 g/mol. The molecular formula is C34H29N7. The second-order valence-corrected chi connectivity index (χ2v) is 10.4. The van der Waals surface area contributed by atoms with Crippen LogP contribution in [0, 0.1) is 6.92 Å². The first kappa shape index (κ1) is 24.8. The van der Waals surface area contributed by atoms with Gasteiger partial charge in [0.15, 0.2) is 0 Å². The van der Waals surface area contributed by atoms with Crippen molar-refractivity contribution < 1.29 is 0 Å². The van der Waals surface area contributed by atoms with E-state index in [1.807, 2.05) is 30.5 Å². The predicted molar refractivity (Wildman–Crippen MR) is 163 cm³/mol. The number of nitrogens with zero attached hydrogens (tertiary/aromatic N) is 6. The molecule has 0 bridgehead atoms. The van der Waals surface area contributed by atoms with Gasteiger partial charge in [0, 0.05) is 35.7 Å². The van der Waals surface area contributed by atoms with E-state index >= 15 is 0 Å². The van der Waals surface area contributed by atoms with Crippen molar-refractivity contribution in [3.05, 3.63) is 114 Å². The fourth-order valence-electron chi connectivity index (χ4n) is 5.60. The number of imidazole rings is 1. The van der Waals surface area contributed by atoms with E-state index in [0.717, 1.165) is 75.1 Å². The third-order valence-electron chi connectivity index (χ3n) is 7.64. The van der Waals surface area contributed by atoms with Crippen LogP contribution in [0.1, 0.15) is 30.3 Å². The zero-order valence-corrected chi connectivity index (χ0v) is 23.0. The van der Waals surface area contributed by atoms with E-state index in [-0.39, 0.29) is 0 Å². The number of aromatic amines is 1. The monoisotopic (exact) mass is 535 g/mol. The molecule has 0 unspecified atom stereocenters. The van der Waals surface area contributed by atoms with Crippen LogP contribution >= 0.6 is 0 Å². The van der Waals surface area contributed by atoms with Crippen LogP contribution in [0.3, 0.4) is 0 Å². The number of rotatable bonds is 7. The van der Waals surface area contributed by atoms with Crippen molar-refractivity contribution in [1.82, 2.24) is 35.2 Å². The molecule has 0 saturated heterocycles. The van der Waals surface area contributed by atoms with Crippen molar-refractivity contribution >= 4 is 21.8 Å². The lowest BCUT2D eigenvalue weighted by atomic mass is 9.98. The lowest BCUT2D eigenvalue weighted by Gasteiger charge is -2.12. The zero-order valence-electron chi connectivity index (χ0n) is 23.0. The van der Waals surface area contributed by atoms with Crippen LogP contribution in [0.2, 0.25) is 0 Å². The highest BCUT2D eigenvalue weighted by molar-refractivity contribution is 5.89. The molecule has 0 aliphatic heterocycles. The van der Waals surface area contributed by atoms with Gasteiger partial charge in [-0.15, -0.1) is 10.2 Å². The van der Waals surface area contributed by atoms with Crippen molar-refractivity contribution in [2.75, 3.05) is 0 Å². The number of hydrogen-bond acceptors (Lipinski definition) is 5. The molecule has 3 aromatic heterocycles. The van der Waals surface area contributed by atoms with Gasteiger partial charge in [-0.25, -0.2) is 4.98 Å². The summed E-state index contributed by atoms with van der Waals surface area (Å²) < 4.78 is 2.37. The molecule has 7 aromatic rings. The van der Waals surface area contributed by atoms with Crippen molar-refractivity contribution in [2.45, 2.75) is 33.2 Å². The van der Waals surface area contributed by atoms with Crippen molar-refractivity contribution in [3.63, 3.8) is 0 Å². The zero-order chi connectivity index (χ0) is 27.8. The first-order valence-corrected chi connectivity index (χ1v) is 13.9. The molecule has 41 heavy (non-hydrogen) atoms. The summed E-state index contributed by atoms with van der Waals surface area (Å²) in [6, 6.07) is 31.9. The summed E-state index contributed by atoms with van der Waals surface area (Å²) in [4.78, 5) is 9.91. The van der Waals surface area contributed by atoms with Crippen LogP contribution in [0.25, 0.3) is 55.6 Å². The Bertz CT molecular complexity index is 1990. The highest BCUT2D eigenvalue weighted by Crippen LogP contribution is 2.32. The normalized spacial score (nSPS) is 11.5. The van der Waals surface area contributed by atoms with Gasteiger partial charge in [0.1, 0.15) is 5.82 Å². The molecule has 0 atom stereocenters. The summed E-state index contributed by atoms with van der Waals surface area (Å²) in [6.07, 6.45) is 3.92. The van der Waals surface area contributed by atoms with Crippen LogP contribution < -0.4 is 0 Å².